The molecule has 1 rings (SSSR count). The van der Waals surface area contributed by atoms with Gasteiger partial charge in [0, 0.05) is 5.56 Å². The maximum absolute atomic E-state index is 13.2. The number of hydrogen-bond donors (Lipinski definition) is 2. The fraction of sp³-hybridized carbons (Fsp3) is 0.182. The molecule has 0 heterocycles. The van der Waals surface area contributed by atoms with E-state index in [1.807, 2.05) is 0 Å². The molecule has 80 valence electrons. The summed E-state index contributed by atoms with van der Waals surface area (Å²) in [5, 5.41) is 8.71. The second kappa shape index (κ2) is 5.26. The quantitative estimate of drug-likeness (QED) is 0.795. The molecule has 1 aromatic carbocycles. The molecule has 4 heteroatoms. The van der Waals surface area contributed by atoms with Crippen molar-refractivity contribution in [3.63, 3.8) is 0 Å². The number of carboxylic acids is 1. The van der Waals surface area contributed by atoms with Crippen LogP contribution in [-0.2, 0) is 0 Å². The Kier molecular flexibility index (Phi) is 4.00. The maximum atomic E-state index is 13.2. The van der Waals surface area contributed by atoms with Gasteiger partial charge in [0.1, 0.15) is 5.82 Å². The molecule has 0 bridgehead atoms. The number of aromatic carboxylic acids is 1. The number of benzene rings is 1. The smallest absolute Gasteiger partial charge is 0.335 e. The molecular weight excluding hydrogens is 197 g/mol. The van der Waals surface area contributed by atoms with Crippen LogP contribution in [0.15, 0.2) is 24.3 Å². The van der Waals surface area contributed by atoms with Gasteiger partial charge in [0.15, 0.2) is 0 Å². The predicted molar refractivity (Wildman–Crippen MR) is 56.1 cm³/mol. The monoisotopic (exact) mass is 209 g/mol. The summed E-state index contributed by atoms with van der Waals surface area (Å²) in [7, 11) is 0. The van der Waals surface area contributed by atoms with Crippen LogP contribution in [0.3, 0.4) is 0 Å². The van der Waals surface area contributed by atoms with Gasteiger partial charge >= 0.3 is 5.97 Å². The fourth-order valence-corrected chi connectivity index (χ4v) is 1.11. The highest BCUT2D eigenvalue weighted by atomic mass is 19.1. The van der Waals surface area contributed by atoms with Crippen LogP contribution in [0.5, 0.6) is 0 Å². The third-order valence-electron chi connectivity index (χ3n) is 1.87. The third kappa shape index (κ3) is 3.18. The summed E-state index contributed by atoms with van der Waals surface area (Å²) >= 11 is 0. The molecule has 0 saturated carbocycles. The Morgan fingerprint density at radius 3 is 2.87 bits per heavy atom. The molecule has 0 aliphatic carbocycles. The molecule has 15 heavy (non-hydrogen) atoms. The number of rotatable bonds is 4. The van der Waals surface area contributed by atoms with Gasteiger partial charge in [0.2, 0.25) is 0 Å². The maximum Gasteiger partial charge on any atom is 0.335 e. The minimum atomic E-state index is -1.07. The van der Waals surface area contributed by atoms with Crippen LogP contribution in [0.25, 0.3) is 6.08 Å². The highest BCUT2D eigenvalue weighted by Gasteiger charge is 2.05. The van der Waals surface area contributed by atoms with Gasteiger partial charge in [0.25, 0.3) is 0 Å². The summed E-state index contributed by atoms with van der Waals surface area (Å²) < 4.78 is 13.2. The molecular formula is C11H12FNO2. The average molecular weight is 209 g/mol. The number of carboxylic acid groups (broad SMARTS) is 1. The van der Waals surface area contributed by atoms with Crippen LogP contribution in [0.1, 0.15) is 22.3 Å². The summed E-state index contributed by atoms with van der Waals surface area (Å²) in [6.07, 6.45) is 3.88. The van der Waals surface area contributed by atoms with Crippen molar-refractivity contribution in [3.8, 4) is 0 Å². The lowest BCUT2D eigenvalue weighted by atomic mass is 10.1. The number of halogens is 1. The zero-order valence-electron chi connectivity index (χ0n) is 8.11. The molecule has 0 amide bonds. The molecule has 3 N–H and O–H groups in total. The van der Waals surface area contributed by atoms with E-state index in [4.69, 9.17) is 10.8 Å². The first-order valence-corrected chi connectivity index (χ1v) is 4.54. The number of nitrogens with two attached hydrogens (primary N) is 1. The summed E-state index contributed by atoms with van der Waals surface area (Å²) in [6.45, 7) is 0.483. The Morgan fingerprint density at radius 2 is 2.27 bits per heavy atom. The van der Waals surface area contributed by atoms with E-state index >= 15 is 0 Å². The van der Waals surface area contributed by atoms with Crippen molar-refractivity contribution in [3.05, 3.63) is 41.2 Å². The zero-order chi connectivity index (χ0) is 11.3. The lowest BCUT2D eigenvalue weighted by molar-refractivity contribution is 0.0697. The molecule has 0 spiro atoms. The van der Waals surface area contributed by atoms with Gasteiger partial charge in [0.05, 0.1) is 5.56 Å². The van der Waals surface area contributed by atoms with E-state index in [0.29, 0.717) is 13.0 Å². The van der Waals surface area contributed by atoms with Crippen LogP contribution in [0.2, 0.25) is 0 Å². The van der Waals surface area contributed by atoms with Crippen LogP contribution in [0, 0.1) is 5.82 Å². The minimum absolute atomic E-state index is 0.0730. The highest BCUT2D eigenvalue weighted by molar-refractivity contribution is 5.88. The third-order valence-corrected chi connectivity index (χ3v) is 1.87. The first-order valence-electron chi connectivity index (χ1n) is 4.54. The molecule has 0 aliphatic heterocycles. The van der Waals surface area contributed by atoms with Crippen molar-refractivity contribution in [1.82, 2.24) is 0 Å². The number of carbonyl (C=O) groups is 1. The summed E-state index contributed by atoms with van der Waals surface area (Å²) in [5.74, 6) is -1.50. The SMILES string of the molecule is NCCC=Cc1cc(C(=O)O)ccc1F. The topological polar surface area (TPSA) is 63.3 Å². The standard InChI is InChI=1S/C11H12FNO2/c12-10-5-4-9(11(14)15)7-8(10)3-1-2-6-13/h1,3-5,7H,2,6,13H2,(H,14,15). The van der Waals surface area contributed by atoms with E-state index in [1.54, 1.807) is 6.08 Å². The lowest BCUT2D eigenvalue weighted by Gasteiger charge is -1.99. The molecule has 0 aliphatic rings. The largest absolute Gasteiger partial charge is 0.478 e. The Bertz CT molecular complexity index is 388. The van der Waals surface area contributed by atoms with Gasteiger partial charge in [-0.25, -0.2) is 9.18 Å². The van der Waals surface area contributed by atoms with E-state index in [-0.39, 0.29) is 11.1 Å². The Morgan fingerprint density at radius 1 is 1.53 bits per heavy atom. The van der Waals surface area contributed by atoms with Crippen LogP contribution >= 0.6 is 0 Å². The van der Waals surface area contributed by atoms with E-state index in [9.17, 15) is 9.18 Å². The minimum Gasteiger partial charge on any atom is -0.478 e. The molecule has 0 aromatic heterocycles. The Hall–Kier alpha value is -1.68. The second-order valence-corrected chi connectivity index (χ2v) is 3.02. The van der Waals surface area contributed by atoms with Gasteiger partial charge in [-0.3, -0.25) is 0 Å². The van der Waals surface area contributed by atoms with E-state index < -0.39 is 11.8 Å². The van der Waals surface area contributed by atoms with Crippen molar-refractivity contribution in [2.75, 3.05) is 6.54 Å². The number of hydrogen-bond acceptors (Lipinski definition) is 2. The molecule has 3 nitrogen and oxygen atoms in total. The van der Waals surface area contributed by atoms with Crippen LogP contribution in [0.4, 0.5) is 4.39 Å². The van der Waals surface area contributed by atoms with E-state index in [0.717, 1.165) is 6.07 Å². The van der Waals surface area contributed by atoms with Crippen molar-refractivity contribution in [2.24, 2.45) is 5.73 Å². The normalized spacial score (nSPS) is 10.8. The summed E-state index contributed by atoms with van der Waals surface area (Å²) in [5.41, 5.74) is 5.61. The highest BCUT2D eigenvalue weighted by Crippen LogP contribution is 2.12. The molecule has 0 unspecified atom stereocenters. The van der Waals surface area contributed by atoms with Gasteiger partial charge < -0.3 is 10.8 Å². The molecule has 1 aromatic rings. The first-order chi connectivity index (χ1) is 7.15. The summed E-state index contributed by atoms with van der Waals surface area (Å²) in [4.78, 5) is 10.6. The first kappa shape index (κ1) is 11.4. The van der Waals surface area contributed by atoms with E-state index in [2.05, 4.69) is 0 Å². The lowest BCUT2D eigenvalue weighted by Crippen LogP contribution is -1.98. The second-order valence-electron chi connectivity index (χ2n) is 3.02. The Labute approximate surface area is 87.0 Å². The van der Waals surface area contributed by atoms with E-state index in [1.165, 1.54) is 18.2 Å². The van der Waals surface area contributed by atoms with Crippen molar-refractivity contribution in [2.45, 2.75) is 6.42 Å². The average Bonchev–Trinajstić information content (AvgIpc) is 2.20. The van der Waals surface area contributed by atoms with Gasteiger partial charge in [-0.15, -0.1) is 0 Å². The fourth-order valence-electron chi connectivity index (χ4n) is 1.11. The van der Waals surface area contributed by atoms with Gasteiger partial charge in [-0.2, -0.15) is 0 Å². The zero-order valence-corrected chi connectivity index (χ0v) is 8.11. The van der Waals surface area contributed by atoms with Gasteiger partial charge in [-0.05, 0) is 31.2 Å². The Balaban J connectivity index is 2.95. The molecule has 0 fully saturated rings. The predicted octanol–water partition coefficient (Wildman–Crippen LogP) is 1.89. The summed E-state index contributed by atoms with van der Waals surface area (Å²) in [6, 6.07) is 3.67. The molecule has 0 radical (unpaired) electrons. The molecule has 0 atom stereocenters. The van der Waals surface area contributed by atoms with Crippen molar-refractivity contribution >= 4 is 12.0 Å². The molecule has 0 saturated heterocycles. The van der Waals surface area contributed by atoms with Crippen molar-refractivity contribution in [1.29, 1.82) is 0 Å². The van der Waals surface area contributed by atoms with Gasteiger partial charge in [-0.1, -0.05) is 12.2 Å². The van der Waals surface area contributed by atoms with Crippen molar-refractivity contribution < 1.29 is 14.3 Å². The van der Waals surface area contributed by atoms with Crippen LogP contribution < -0.4 is 5.73 Å². The van der Waals surface area contributed by atoms with Crippen LogP contribution in [-0.4, -0.2) is 17.6 Å².